The average Bonchev–Trinajstić information content (AvgIpc) is 3.62. The molecule has 2 aliphatic heterocycles. The predicted molar refractivity (Wildman–Crippen MR) is 149 cm³/mol. The zero-order chi connectivity index (χ0) is 26.5. The van der Waals surface area contributed by atoms with E-state index in [2.05, 4.69) is 50.0 Å². The van der Waals surface area contributed by atoms with E-state index in [9.17, 15) is 14.4 Å². The number of anilines is 1. The Kier molecular flexibility index (Phi) is 5.31. The summed E-state index contributed by atoms with van der Waals surface area (Å²) in [4.78, 5) is 45.7. The highest BCUT2D eigenvalue weighted by atomic mass is 32.2. The summed E-state index contributed by atoms with van der Waals surface area (Å²) < 4.78 is 5.26. The lowest BCUT2D eigenvalue weighted by molar-refractivity contribution is -0.123. The molecular formula is C30H30N2O4S2. The Morgan fingerprint density at radius 2 is 1.58 bits per heavy atom. The Balaban J connectivity index is 1.29. The van der Waals surface area contributed by atoms with E-state index in [-0.39, 0.29) is 62.9 Å². The number of rotatable bonds is 3. The first-order valence-electron chi connectivity index (χ1n) is 13.2. The number of imide groups is 1. The molecule has 2 saturated carbocycles. The van der Waals surface area contributed by atoms with E-state index in [1.165, 1.54) is 27.4 Å². The monoisotopic (exact) mass is 546 g/mol. The molecule has 4 aliphatic rings. The van der Waals surface area contributed by atoms with Crippen molar-refractivity contribution in [3.63, 3.8) is 0 Å². The van der Waals surface area contributed by atoms with Gasteiger partial charge in [0.25, 0.3) is 0 Å². The molecule has 0 spiro atoms. The minimum atomic E-state index is -0.301. The fourth-order valence-electron chi connectivity index (χ4n) is 7.57. The molecule has 7 atom stereocenters. The number of fused-ring (bicyclic) bond motifs is 9. The van der Waals surface area contributed by atoms with Crippen molar-refractivity contribution in [1.29, 1.82) is 0 Å². The largest absolute Gasteiger partial charge is 0.497 e. The Morgan fingerprint density at radius 1 is 0.921 bits per heavy atom. The highest BCUT2D eigenvalue weighted by Crippen LogP contribution is 2.68. The Morgan fingerprint density at radius 3 is 2.21 bits per heavy atom. The molecule has 0 radical (unpaired) electrons. The molecule has 38 heavy (non-hydrogen) atoms. The van der Waals surface area contributed by atoms with Crippen LogP contribution >= 0.6 is 23.1 Å². The number of H-pyrrole nitrogens is 1. The van der Waals surface area contributed by atoms with Crippen molar-refractivity contribution in [2.75, 3.05) is 12.0 Å². The van der Waals surface area contributed by atoms with Crippen molar-refractivity contribution in [3.05, 3.63) is 74.2 Å². The molecule has 196 valence electrons. The molecule has 1 saturated heterocycles. The van der Waals surface area contributed by atoms with E-state index in [0.29, 0.717) is 11.4 Å². The summed E-state index contributed by atoms with van der Waals surface area (Å²) >= 11 is 3.03. The van der Waals surface area contributed by atoms with Crippen LogP contribution in [0.5, 0.6) is 5.75 Å². The van der Waals surface area contributed by atoms with Crippen LogP contribution in [0.2, 0.25) is 0 Å². The standard InChI is InChI=1S/C30H30N2O4S2/c1-30(2,3)15-7-5-14(6-8-15)20-21-18-13-19(24(21)37-26-25(20)38-29(35)31-26)23-22(18)27(33)32(28(23)34)16-9-11-17(36-4)12-10-16/h5-12,18-24H,13H2,1-4H3,(H,31,35)/t18-,19-,20+,21+,22+,23+,24-/m1/s1. The van der Waals surface area contributed by atoms with Gasteiger partial charge in [-0.3, -0.25) is 19.3 Å². The number of thioether (sulfide) groups is 1. The van der Waals surface area contributed by atoms with Crippen molar-refractivity contribution in [2.24, 2.45) is 29.6 Å². The number of methoxy groups -OCH3 is 1. The normalized spacial score (nSPS) is 31.4. The quantitative estimate of drug-likeness (QED) is 0.444. The van der Waals surface area contributed by atoms with E-state index >= 15 is 0 Å². The lowest BCUT2D eigenvalue weighted by Crippen LogP contribution is -2.42. The second-order valence-electron chi connectivity index (χ2n) is 12.0. The summed E-state index contributed by atoms with van der Waals surface area (Å²) in [5, 5.41) is 1.14. The third kappa shape index (κ3) is 3.35. The second-order valence-corrected chi connectivity index (χ2v) is 14.2. The summed E-state index contributed by atoms with van der Waals surface area (Å²) in [6.45, 7) is 6.62. The number of ether oxygens (including phenoxy) is 1. The maximum Gasteiger partial charge on any atom is 0.305 e. The minimum Gasteiger partial charge on any atom is -0.497 e. The zero-order valence-electron chi connectivity index (χ0n) is 21.8. The van der Waals surface area contributed by atoms with Gasteiger partial charge in [0, 0.05) is 16.0 Å². The van der Waals surface area contributed by atoms with E-state index < -0.39 is 0 Å². The number of nitrogens with zero attached hydrogens (tertiary/aromatic N) is 1. The van der Waals surface area contributed by atoms with Crippen LogP contribution in [-0.4, -0.2) is 29.2 Å². The molecule has 2 aliphatic carbocycles. The maximum absolute atomic E-state index is 13.9. The van der Waals surface area contributed by atoms with Gasteiger partial charge >= 0.3 is 4.87 Å². The second kappa shape index (κ2) is 8.33. The van der Waals surface area contributed by atoms with Gasteiger partial charge in [-0.05, 0) is 65.0 Å². The highest BCUT2D eigenvalue weighted by molar-refractivity contribution is 8.00. The topological polar surface area (TPSA) is 79.5 Å². The molecule has 3 fully saturated rings. The SMILES string of the molecule is COc1ccc(N2C(=O)[C@H]3[C@H]4C[C@@H]([C@@H]3C2=O)[C@H]2[C@H](c3ccc(C(C)(C)C)cc3)c3sc(=O)[nH]c3S[C@H]42)cc1. The van der Waals surface area contributed by atoms with Crippen molar-refractivity contribution in [2.45, 2.75) is 48.8 Å². The molecule has 6 nitrogen and oxygen atoms in total. The van der Waals surface area contributed by atoms with Crippen LogP contribution < -0.4 is 14.5 Å². The van der Waals surface area contributed by atoms with E-state index in [4.69, 9.17) is 4.74 Å². The molecule has 3 heterocycles. The Labute approximate surface area is 229 Å². The lowest BCUT2D eigenvalue weighted by atomic mass is 9.68. The van der Waals surface area contributed by atoms with Gasteiger partial charge in [-0.25, -0.2) is 0 Å². The van der Waals surface area contributed by atoms with Crippen LogP contribution in [0.4, 0.5) is 5.69 Å². The van der Waals surface area contributed by atoms with Crippen LogP contribution in [0, 0.1) is 29.6 Å². The molecule has 2 aromatic carbocycles. The summed E-state index contributed by atoms with van der Waals surface area (Å²) in [5.74, 6) is 0.428. The third-order valence-electron chi connectivity index (χ3n) is 9.19. The predicted octanol–water partition coefficient (Wildman–Crippen LogP) is 5.42. The number of benzene rings is 2. The molecule has 7 rings (SSSR count). The number of amides is 2. The molecular weight excluding hydrogens is 516 g/mol. The van der Waals surface area contributed by atoms with Crippen molar-refractivity contribution < 1.29 is 14.3 Å². The van der Waals surface area contributed by atoms with Gasteiger partial charge in [0.15, 0.2) is 0 Å². The van der Waals surface area contributed by atoms with Gasteiger partial charge in [-0.1, -0.05) is 56.4 Å². The van der Waals surface area contributed by atoms with Gasteiger partial charge in [-0.2, -0.15) is 0 Å². The summed E-state index contributed by atoms with van der Waals surface area (Å²) in [6.07, 6.45) is 0.890. The third-order valence-corrected chi connectivity index (χ3v) is 11.8. The minimum absolute atomic E-state index is 0.0378. The molecule has 8 heteroatoms. The molecule has 3 aromatic rings. The number of carbonyl (C=O) groups is 2. The van der Waals surface area contributed by atoms with Gasteiger partial charge in [0.2, 0.25) is 11.8 Å². The first-order chi connectivity index (χ1) is 18.2. The van der Waals surface area contributed by atoms with E-state index in [0.717, 1.165) is 16.3 Å². The van der Waals surface area contributed by atoms with Crippen LogP contribution in [-0.2, 0) is 15.0 Å². The Hall–Kier alpha value is -2.84. The number of aromatic nitrogens is 1. The van der Waals surface area contributed by atoms with Gasteiger partial charge in [0.05, 0.1) is 29.7 Å². The number of thiazole rings is 1. The number of hydrogen-bond acceptors (Lipinski definition) is 6. The molecule has 2 bridgehead atoms. The van der Waals surface area contributed by atoms with Gasteiger partial charge in [0.1, 0.15) is 5.75 Å². The van der Waals surface area contributed by atoms with Crippen molar-refractivity contribution in [1.82, 2.24) is 4.98 Å². The number of carbonyl (C=O) groups excluding carboxylic acids is 2. The molecule has 1 N–H and O–H groups in total. The summed E-state index contributed by atoms with van der Waals surface area (Å²) in [5.41, 5.74) is 3.13. The smallest absolute Gasteiger partial charge is 0.305 e. The van der Waals surface area contributed by atoms with Crippen LogP contribution in [0.15, 0.2) is 58.4 Å². The fourth-order valence-corrected chi connectivity index (χ4v) is 10.5. The first-order valence-corrected chi connectivity index (χ1v) is 14.9. The van der Waals surface area contributed by atoms with Crippen LogP contribution in [0.1, 0.15) is 49.1 Å². The number of aromatic amines is 1. The summed E-state index contributed by atoms with van der Waals surface area (Å²) in [7, 11) is 1.60. The highest BCUT2D eigenvalue weighted by Gasteiger charge is 2.69. The van der Waals surface area contributed by atoms with Gasteiger partial charge < -0.3 is 9.72 Å². The van der Waals surface area contributed by atoms with E-state index in [1.54, 1.807) is 43.1 Å². The lowest BCUT2D eigenvalue weighted by Gasteiger charge is -2.43. The van der Waals surface area contributed by atoms with Crippen molar-refractivity contribution in [3.8, 4) is 5.75 Å². The number of nitrogens with one attached hydrogen (secondary N) is 1. The van der Waals surface area contributed by atoms with Crippen LogP contribution in [0.25, 0.3) is 0 Å². The first kappa shape index (κ1) is 24.2. The van der Waals surface area contributed by atoms with Gasteiger partial charge in [-0.15, -0.1) is 11.8 Å². The average molecular weight is 547 g/mol. The van der Waals surface area contributed by atoms with E-state index in [1.807, 2.05) is 0 Å². The van der Waals surface area contributed by atoms with Crippen molar-refractivity contribution >= 4 is 40.6 Å². The summed E-state index contributed by atoms with van der Waals surface area (Å²) in [6, 6.07) is 16.0. The fraction of sp³-hybridized carbons (Fsp3) is 0.433. The molecule has 1 aromatic heterocycles. The number of hydrogen-bond donors (Lipinski definition) is 1. The Bertz CT molecular complexity index is 1500. The molecule has 2 amide bonds. The zero-order valence-corrected chi connectivity index (χ0v) is 23.4. The maximum atomic E-state index is 13.9. The van der Waals surface area contributed by atoms with Crippen LogP contribution in [0.3, 0.4) is 0 Å². The molecule has 0 unspecified atom stereocenters.